The number of rotatable bonds is 5. The number of nitrogens with two attached hydrogens (primary N) is 1. The molecule has 1 unspecified atom stereocenters. The number of piperidine rings is 1. The summed E-state index contributed by atoms with van der Waals surface area (Å²) in [4.78, 5) is 0.179. The van der Waals surface area contributed by atoms with Crippen molar-refractivity contribution in [3.05, 3.63) is 23.8 Å². The van der Waals surface area contributed by atoms with Crippen molar-refractivity contribution < 1.29 is 16.8 Å². The Kier molecular flexibility index (Phi) is 7.21. The van der Waals surface area contributed by atoms with Gasteiger partial charge >= 0.3 is 0 Å². The van der Waals surface area contributed by atoms with Gasteiger partial charge in [0.25, 0.3) is 0 Å². The van der Waals surface area contributed by atoms with Gasteiger partial charge in [-0.3, -0.25) is 0 Å². The number of benzene rings is 1. The van der Waals surface area contributed by atoms with E-state index in [-0.39, 0.29) is 34.8 Å². The number of hydrogen-bond acceptors (Lipinski definition) is 5. The maximum absolute atomic E-state index is 12.8. The lowest BCUT2D eigenvalue weighted by Crippen LogP contribution is -2.47. The number of sulfonamides is 2. The molecule has 0 bridgehead atoms. The first-order valence-electron chi connectivity index (χ1n) is 7.50. The van der Waals surface area contributed by atoms with Gasteiger partial charge in [-0.1, -0.05) is 6.42 Å². The van der Waals surface area contributed by atoms with Crippen molar-refractivity contribution >= 4 is 32.5 Å². The van der Waals surface area contributed by atoms with Crippen LogP contribution in [-0.2, 0) is 20.0 Å². The first-order chi connectivity index (χ1) is 10.7. The van der Waals surface area contributed by atoms with Gasteiger partial charge in [-0.15, -0.1) is 12.4 Å². The van der Waals surface area contributed by atoms with Crippen molar-refractivity contribution in [2.45, 2.75) is 42.0 Å². The van der Waals surface area contributed by atoms with E-state index in [1.807, 2.05) is 0 Å². The van der Waals surface area contributed by atoms with Gasteiger partial charge in [-0.25, -0.2) is 21.6 Å². The predicted octanol–water partition coefficient (Wildman–Crippen LogP) is 0.827. The van der Waals surface area contributed by atoms with Crippen molar-refractivity contribution in [1.82, 2.24) is 9.03 Å². The molecule has 1 aliphatic rings. The second-order valence-corrected chi connectivity index (χ2v) is 9.38. The molecule has 0 aromatic heterocycles. The van der Waals surface area contributed by atoms with Gasteiger partial charge < -0.3 is 5.73 Å². The minimum atomic E-state index is -3.68. The molecule has 0 amide bonds. The average Bonchev–Trinajstić information content (AvgIpc) is 2.54. The van der Waals surface area contributed by atoms with E-state index >= 15 is 0 Å². The molecule has 2 rings (SSSR count). The van der Waals surface area contributed by atoms with Crippen LogP contribution in [-0.4, -0.2) is 47.3 Å². The summed E-state index contributed by atoms with van der Waals surface area (Å²) in [6, 6.07) is 3.88. The molecule has 10 heteroatoms. The summed E-state index contributed by atoms with van der Waals surface area (Å²) in [5.74, 6) is 0. The van der Waals surface area contributed by atoms with E-state index in [9.17, 15) is 16.8 Å². The SMILES string of the molecule is CNS(=O)(=O)c1ccc(S(=O)(=O)N2CCCCC2CN)cc1C.Cl. The normalized spacial score (nSPS) is 19.7. The largest absolute Gasteiger partial charge is 0.329 e. The molecule has 0 spiro atoms. The highest BCUT2D eigenvalue weighted by Crippen LogP contribution is 2.27. The highest BCUT2D eigenvalue weighted by Gasteiger charge is 2.33. The second kappa shape index (κ2) is 8.11. The van der Waals surface area contributed by atoms with Crippen LogP contribution in [0.3, 0.4) is 0 Å². The number of hydrogen-bond donors (Lipinski definition) is 2. The minimum Gasteiger partial charge on any atom is -0.329 e. The van der Waals surface area contributed by atoms with E-state index in [0.717, 1.165) is 19.3 Å². The van der Waals surface area contributed by atoms with Crippen molar-refractivity contribution in [2.24, 2.45) is 5.73 Å². The third kappa shape index (κ3) is 4.09. The topological polar surface area (TPSA) is 110 Å². The molecule has 1 atom stereocenters. The van der Waals surface area contributed by atoms with E-state index in [4.69, 9.17) is 5.73 Å². The molecule has 0 radical (unpaired) electrons. The molecule has 1 aromatic carbocycles. The van der Waals surface area contributed by atoms with E-state index in [0.29, 0.717) is 12.1 Å². The fourth-order valence-corrected chi connectivity index (χ4v) is 5.60. The summed E-state index contributed by atoms with van der Waals surface area (Å²) in [5.41, 5.74) is 6.09. The molecular weight excluding hydrogens is 374 g/mol. The Hall–Kier alpha value is -0.710. The van der Waals surface area contributed by atoms with Gasteiger partial charge in [0.2, 0.25) is 20.0 Å². The summed E-state index contributed by atoms with van der Waals surface area (Å²) in [6.07, 6.45) is 2.52. The molecule has 1 heterocycles. The quantitative estimate of drug-likeness (QED) is 0.764. The summed E-state index contributed by atoms with van der Waals surface area (Å²) in [5, 5.41) is 0. The number of nitrogens with one attached hydrogen (secondary N) is 1. The lowest BCUT2D eigenvalue weighted by Gasteiger charge is -2.34. The van der Waals surface area contributed by atoms with Crippen LogP contribution in [0.15, 0.2) is 28.0 Å². The van der Waals surface area contributed by atoms with Crippen LogP contribution < -0.4 is 10.5 Å². The summed E-state index contributed by atoms with van der Waals surface area (Å²) in [6.45, 7) is 2.31. The Morgan fingerprint density at radius 3 is 2.46 bits per heavy atom. The third-order valence-corrected chi connectivity index (χ3v) is 7.68. The van der Waals surface area contributed by atoms with Crippen LogP contribution in [0, 0.1) is 6.92 Å². The van der Waals surface area contributed by atoms with Crippen molar-refractivity contribution in [3.8, 4) is 0 Å². The fraction of sp³-hybridized carbons (Fsp3) is 0.571. The van der Waals surface area contributed by atoms with Gasteiger partial charge in [0.1, 0.15) is 0 Å². The Balaban J connectivity index is 0.00000288. The van der Waals surface area contributed by atoms with Crippen molar-refractivity contribution in [1.29, 1.82) is 0 Å². The van der Waals surface area contributed by atoms with Crippen LogP contribution in [0.5, 0.6) is 0 Å². The minimum absolute atomic E-state index is 0. The number of aryl methyl sites for hydroxylation is 1. The highest BCUT2D eigenvalue weighted by atomic mass is 35.5. The van der Waals surface area contributed by atoms with Crippen LogP contribution in [0.25, 0.3) is 0 Å². The summed E-state index contributed by atoms with van der Waals surface area (Å²) < 4.78 is 53.2. The molecule has 1 aliphatic heterocycles. The zero-order chi connectivity index (χ0) is 17.3. The zero-order valence-electron chi connectivity index (χ0n) is 13.7. The molecule has 3 N–H and O–H groups in total. The number of halogens is 1. The summed E-state index contributed by atoms with van der Waals surface area (Å²) in [7, 11) is -5.97. The van der Waals surface area contributed by atoms with Crippen LogP contribution in [0.4, 0.5) is 0 Å². The maximum Gasteiger partial charge on any atom is 0.243 e. The molecule has 138 valence electrons. The van der Waals surface area contributed by atoms with E-state index in [2.05, 4.69) is 4.72 Å². The van der Waals surface area contributed by atoms with Gasteiger partial charge in [0, 0.05) is 19.1 Å². The molecule has 1 saturated heterocycles. The molecular formula is C14H24ClN3O4S2. The van der Waals surface area contributed by atoms with Gasteiger partial charge in [-0.2, -0.15) is 4.31 Å². The number of nitrogens with zero attached hydrogens (tertiary/aromatic N) is 1. The van der Waals surface area contributed by atoms with Gasteiger partial charge in [-0.05, 0) is 50.6 Å². The molecule has 0 saturated carbocycles. The first-order valence-corrected chi connectivity index (χ1v) is 10.4. The molecule has 1 aromatic rings. The predicted molar refractivity (Wildman–Crippen MR) is 95.3 cm³/mol. The van der Waals surface area contributed by atoms with Crippen LogP contribution in [0.1, 0.15) is 24.8 Å². The summed E-state index contributed by atoms with van der Waals surface area (Å²) >= 11 is 0. The van der Waals surface area contributed by atoms with Crippen LogP contribution in [0.2, 0.25) is 0 Å². The Morgan fingerprint density at radius 2 is 1.92 bits per heavy atom. The molecule has 24 heavy (non-hydrogen) atoms. The first kappa shape index (κ1) is 21.3. The molecule has 7 nitrogen and oxygen atoms in total. The monoisotopic (exact) mass is 397 g/mol. The smallest absolute Gasteiger partial charge is 0.243 e. The Bertz CT molecular complexity index is 781. The standard InChI is InChI=1S/C14H23N3O4S2.ClH/c1-11-9-13(6-7-14(11)22(18,19)16-2)23(20,21)17-8-4-3-5-12(17)10-15;/h6-7,9,12,16H,3-5,8,10,15H2,1-2H3;1H. The second-order valence-electron chi connectivity index (χ2n) is 5.64. The molecule has 0 aliphatic carbocycles. The lowest BCUT2D eigenvalue weighted by molar-refractivity contribution is 0.257. The Morgan fingerprint density at radius 1 is 1.25 bits per heavy atom. The maximum atomic E-state index is 12.8. The third-order valence-electron chi connectivity index (χ3n) is 4.16. The van der Waals surface area contributed by atoms with Crippen LogP contribution >= 0.6 is 12.4 Å². The zero-order valence-corrected chi connectivity index (χ0v) is 16.2. The fourth-order valence-electron chi connectivity index (χ4n) is 2.86. The van der Waals surface area contributed by atoms with E-state index in [1.165, 1.54) is 29.6 Å². The van der Waals surface area contributed by atoms with E-state index < -0.39 is 20.0 Å². The lowest BCUT2D eigenvalue weighted by atomic mass is 10.1. The average molecular weight is 398 g/mol. The van der Waals surface area contributed by atoms with Gasteiger partial charge in [0.15, 0.2) is 0 Å². The highest BCUT2D eigenvalue weighted by molar-refractivity contribution is 7.89. The van der Waals surface area contributed by atoms with Crippen molar-refractivity contribution in [2.75, 3.05) is 20.1 Å². The molecule has 1 fully saturated rings. The Labute approximate surface area is 150 Å². The van der Waals surface area contributed by atoms with E-state index in [1.54, 1.807) is 6.92 Å². The van der Waals surface area contributed by atoms with Gasteiger partial charge in [0.05, 0.1) is 9.79 Å². The van der Waals surface area contributed by atoms with Crippen molar-refractivity contribution in [3.63, 3.8) is 0 Å².